The average Bonchev–Trinajstić information content (AvgIpc) is 3.01. The summed E-state index contributed by atoms with van der Waals surface area (Å²) in [5, 5.41) is 8.40. The molecule has 2 aliphatic heterocycles. The minimum Gasteiger partial charge on any atom is -0.490 e. The quantitative estimate of drug-likeness (QED) is 0.677. The van der Waals surface area contributed by atoms with E-state index in [9.17, 15) is 8.78 Å². The third-order valence-electron chi connectivity index (χ3n) is 4.96. The molecule has 8 heteroatoms. The lowest BCUT2D eigenvalue weighted by Crippen LogP contribution is -2.34. The summed E-state index contributed by atoms with van der Waals surface area (Å²) in [6, 6.07) is 12.3. The zero-order valence-electron chi connectivity index (χ0n) is 15.5. The number of anilines is 2. The van der Waals surface area contributed by atoms with Crippen LogP contribution in [0.2, 0.25) is 0 Å². The molecule has 1 saturated heterocycles. The van der Waals surface area contributed by atoms with Gasteiger partial charge in [-0.15, -0.1) is 8.78 Å². The first-order valence-electron chi connectivity index (χ1n) is 9.48. The predicted octanol–water partition coefficient (Wildman–Crippen LogP) is 4.43. The molecule has 3 heterocycles. The fraction of sp³-hybridized carbons (Fsp3) is 0.286. The predicted molar refractivity (Wildman–Crippen MR) is 104 cm³/mol. The fourth-order valence-corrected chi connectivity index (χ4v) is 3.54. The Morgan fingerprint density at radius 2 is 1.83 bits per heavy atom. The Morgan fingerprint density at radius 3 is 2.69 bits per heavy atom. The molecule has 29 heavy (non-hydrogen) atoms. The summed E-state index contributed by atoms with van der Waals surface area (Å²) in [4.78, 5) is 4.39. The molecule has 0 aliphatic carbocycles. The molecule has 2 N–H and O–H groups in total. The van der Waals surface area contributed by atoms with Gasteiger partial charge in [0.1, 0.15) is 17.7 Å². The molecular weight excluding hydrogens is 380 g/mol. The molecule has 150 valence electrons. The fourth-order valence-electron chi connectivity index (χ4n) is 3.54. The Morgan fingerprint density at radius 1 is 1.00 bits per heavy atom. The maximum absolute atomic E-state index is 13.2. The Hall–Kier alpha value is -3.13. The topological polar surface area (TPSA) is 64.6 Å². The van der Waals surface area contributed by atoms with Crippen LogP contribution in [0, 0.1) is 0 Å². The molecule has 0 unspecified atom stereocenters. The average molecular weight is 399 g/mol. The van der Waals surface area contributed by atoms with Crippen molar-refractivity contribution in [2.24, 2.45) is 0 Å². The van der Waals surface area contributed by atoms with E-state index in [0.717, 1.165) is 42.5 Å². The lowest BCUT2D eigenvalue weighted by atomic mass is 10.1. The molecule has 1 aromatic heterocycles. The van der Waals surface area contributed by atoms with Crippen molar-refractivity contribution in [1.82, 2.24) is 10.3 Å². The molecule has 0 radical (unpaired) electrons. The summed E-state index contributed by atoms with van der Waals surface area (Å²) >= 11 is 0. The van der Waals surface area contributed by atoms with E-state index >= 15 is 0 Å². The molecule has 0 saturated carbocycles. The van der Waals surface area contributed by atoms with Crippen LogP contribution in [0.1, 0.15) is 12.8 Å². The van der Waals surface area contributed by atoms with Gasteiger partial charge in [-0.05, 0) is 67.7 Å². The number of alkyl halides is 2. The van der Waals surface area contributed by atoms with Crippen molar-refractivity contribution in [3.05, 3.63) is 48.7 Å². The third-order valence-corrected chi connectivity index (χ3v) is 4.96. The minimum absolute atomic E-state index is 0.00623. The summed E-state index contributed by atoms with van der Waals surface area (Å²) in [6.07, 6.45) is 0.328. The van der Waals surface area contributed by atoms with E-state index in [1.807, 2.05) is 24.3 Å². The van der Waals surface area contributed by atoms with Crippen LogP contribution in [0.15, 0.2) is 48.7 Å². The van der Waals surface area contributed by atoms with E-state index in [1.165, 1.54) is 12.1 Å². The summed E-state index contributed by atoms with van der Waals surface area (Å²) in [5.41, 5.74) is 0.569. The Bertz CT molecular complexity index is 1050. The van der Waals surface area contributed by atoms with Crippen molar-refractivity contribution in [1.29, 1.82) is 0 Å². The van der Waals surface area contributed by atoms with Crippen molar-refractivity contribution < 1.29 is 23.0 Å². The van der Waals surface area contributed by atoms with Crippen LogP contribution >= 0.6 is 0 Å². The normalized spacial score (nSPS) is 18.0. The number of nitrogens with one attached hydrogen (secondary N) is 2. The highest BCUT2D eigenvalue weighted by molar-refractivity contribution is 5.86. The van der Waals surface area contributed by atoms with Gasteiger partial charge in [0.15, 0.2) is 11.5 Å². The van der Waals surface area contributed by atoms with Crippen molar-refractivity contribution >= 4 is 22.3 Å². The number of benzene rings is 2. The molecule has 0 amide bonds. The van der Waals surface area contributed by atoms with Crippen LogP contribution in [-0.2, 0) is 0 Å². The van der Waals surface area contributed by atoms with E-state index in [0.29, 0.717) is 11.5 Å². The number of halogens is 2. The Labute approximate surface area is 165 Å². The standard InChI is InChI=1S/C21H19F2N3O3/c22-21(23)28-18-4-2-15(11-19(18)29-21)26-20-10-14-9-17(3-1-13(14)12-25-20)27-16-5-7-24-8-6-16/h1-4,9-12,16,24H,5-8H2,(H,25,26). The number of hydrogen-bond acceptors (Lipinski definition) is 6. The van der Waals surface area contributed by atoms with Gasteiger partial charge in [-0.2, -0.15) is 0 Å². The highest BCUT2D eigenvalue weighted by atomic mass is 19.3. The second-order valence-corrected chi connectivity index (χ2v) is 7.10. The number of ether oxygens (including phenoxy) is 3. The number of piperidine rings is 1. The SMILES string of the molecule is FC1(F)Oc2ccc(Nc3cc4cc(OC5CCNCC5)ccc4cn3)cc2O1. The van der Waals surface area contributed by atoms with Crippen LogP contribution in [0.5, 0.6) is 17.2 Å². The number of rotatable bonds is 4. The summed E-state index contributed by atoms with van der Waals surface area (Å²) < 4.78 is 41.4. The largest absolute Gasteiger partial charge is 0.586 e. The van der Waals surface area contributed by atoms with Crippen LogP contribution in [-0.4, -0.2) is 30.5 Å². The minimum atomic E-state index is -3.63. The summed E-state index contributed by atoms with van der Waals surface area (Å²) in [7, 11) is 0. The molecule has 3 aromatic rings. The maximum atomic E-state index is 13.2. The van der Waals surface area contributed by atoms with Gasteiger partial charge in [0.25, 0.3) is 0 Å². The van der Waals surface area contributed by atoms with Gasteiger partial charge in [0.05, 0.1) is 0 Å². The van der Waals surface area contributed by atoms with Gasteiger partial charge < -0.3 is 24.8 Å². The van der Waals surface area contributed by atoms with Crippen molar-refractivity contribution in [2.45, 2.75) is 25.2 Å². The molecule has 1 fully saturated rings. The first-order valence-corrected chi connectivity index (χ1v) is 9.48. The molecule has 2 aromatic carbocycles. The van der Waals surface area contributed by atoms with E-state index in [2.05, 4.69) is 25.1 Å². The number of aromatic nitrogens is 1. The van der Waals surface area contributed by atoms with Crippen LogP contribution < -0.4 is 24.8 Å². The second kappa shape index (κ2) is 7.04. The first-order chi connectivity index (χ1) is 14.0. The lowest BCUT2D eigenvalue weighted by Gasteiger charge is -2.24. The molecule has 6 nitrogen and oxygen atoms in total. The molecule has 5 rings (SSSR count). The Kier molecular flexibility index (Phi) is 4.35. The third kappa shape index (κ3) is 3.88. The smallest absolute Gasteiger partial charge is 0.490 e. The van der Waals surface area contributed by atoms with E-state index < -0.39 is 6.29 Å². The van der Waals surface area contributed by atoms with E-state index in [4.69, 9.17) is 4.74 Å². The van der Waals surface area contributed by atoms with Crippen LogP contribution in [0.25, 0.3) is 10.8 Å². The summed E-state index contributed by atoms with van der Waals surface area (Å²) in [5.74, 6) is 1.40. The second-order valence-electron chi connectivity index (χ2n) is 7.10. The van der Waals surface area contributed by atoms with E-state index in [-0.39, 0.29) is 17.6 Å². The van der Waals surface area contributed by atoms with Crippen molar-refractivity contribution in [2.75, 3.05) is 18.4 Å². The zero-order valence-corrected chi connectivity index (χ0v) is 15.5. The maximum Gasteiger partial charge on any atom is 0.586 e. The Balaban J connectivity index is 1.35. The van der Waals surface area contributed by atoms with Gasteiger partial charge >= 0.3 is 6.29 Å². The number of hydrogen-bond donors (Lipinski definition) is 2. The summed E-state index contributed by atoms with van der Waals surface area (Å²) in [6.45, 7) is 1.94. The number of pyridine rings is 1. The van der Waals surface area contributed by atoms with Gasteiger partial charge in [-0.1, -0.05) is 0 Å². The number of fused-ring (bicyclic) bond motifs is 2. The highest BCUT2D eigenvalue weighted by Gasteiger charge is 2.43. The van der Waals surface area contributed by atoms with Gasteiger partial charge in [-0.3, -0.25) is 0 Å². The van der Waals surface area contributed by atoms with Gasteiger partial charge in [-0.25, -0.2) is 4.98 Å². The molecule has 2 aliphatic rings. The van der Waals surface area contributed by atoms with Crippen molar-refractivity contribution in [3.8, 4) is 17.2 Å². The molecule has 0 atom stereocenters. The van der Waals surface area contributed by atoms with Crippen molar-refractivity contribution in [3.63, 3.8) is 0 Å². The number of nitrogens with zero attached hydrogens (tertiary/aromatic N) is 1. The molecular formula is C21H19F2N3O3. The van der Waals surface area contributed by atoms with Crippen LogP contribution in [0.3, 0.4) is 0 Å². The van der Waals surface area contributed by atoms with E-state index in [1.54, 1.807) is 12.3 Å². The highest BCUT2D eigenvalue weighted by Crippen LogP contribution is 2.42. The first kappa shape index (κ1) is 17.9. The zero-order chi connectivity index (χ0) is 19.8. The van der Waals surface area contributed by atoms with Crippen LogP contribution in [0.4, 0.5) is 20.3 Å². The monoisotopic (exact) mass is 399 g/mol. The lowest BCUT2D eigenvalue weighted by molar-refractivity contribution is -0.286. The molecule has 0 bridgehead atoms. The van der Waals surface area contributed by atoms with Gasteiger partial charge in [0.2, 0.25) is 0 Å². The molecule has 0 spiro atoms. The van der Waals surface area contributed by atoms with Gasteiger partial charge in [0, 0.05) is 23.3 Å².